The van der Waals surface area contributed by atoms with Crippen LogP contribution in [0.25, 0.3) is 11.0 Å². The standard InChI is InChI=1S/C10H11N3O3/c1-13-10-7(5-12-13)9(16-2)6(4-11-10)3-8(14)15/h4-5H,3H2,1-2H3,(H,14,15). The number of carboxylic acids is 1. The van der Waals surface area contributed by atoms with Crippen LogP contribution in [0.3, 0.4) is 0 Å². The molecule has 2 aromatic rings. The van der Waals surface area contributed by atoms with Crippen molar-refractivity contribution in [1.82, 2.24) is 14.8 Å². The van der Waals surface area contributed by atoms with Gasteiger partial charge < -0.3 is 9.84 Å². The molecule has 2 rings (SSSR count). The first-order valence-corrected chi connectivity index (χ1v) is 4.69. The predicted octanol–water partition coefficient (Wildman–Crippen LogP) is 0.604. The third kappa shape index (κ3) is 1.58. The summed E-state index contributed by atoms with van der Waals surface area (Å²) >= 11 is 0. The second-order valence-electron chi connectivity index (χ2n) is 3.39. The number of carboxylic acid groups (broad SMARTS) is 1. The number of ether oxygens (including phenoxy) is 1. The van der Waals surface area contributed by atoms with E-state index in [9.17, 15) is 4.79 Å². The molecule has 0 saturated carbocycles. The number of methoxy groups -OCH3 is 1. The summed E-state index contributed by atoms with van der Waals surface area (Å²) in [6, 6.07) is 0. The van der Waals surface area contributed by atoms with Crippen LogP contribution in [-0.2, 0) is 18.3 Å². The zero-order valence-corrected chi connectivity index (χ0v) is 8.97. The molecule has 0 radical (unpaired) electrons. The summed E-state index contributed by atoms with van der Waals surface area (Å²) in [6.45, 7) is 0. The Labute approximate surface area is 91.5 Å². The van der Waals surface area contributed by atoms with E-state index in [0.29, 0.717) is 17.0 Å². The lowest BCUT2D eigenvalue weighted by molar-refractivity contribution is -0.136. The molecular formula is C10H11N3O3. The molecule has 0 fully saturated rings. The monoisotopic (exact) mass is 221 g/mol. The number of aliphatic carboxylic acids is 1. The van der Waals surface area contributed by atoms with Gasteiger partial charge in [0.15, 0.2) is 5.65 Å². The number of carbonyl (C=O) groups is 1. The van der Waals surface area contributed by atoms with E-state index in [1.807, 2.05) is 0 Å². The number of pyridine rings is 1. The van der Waals surface area contributed by atoms with Crippen molar-refractivity contribution in [2.45, 2.75) is 6.42 Å². The summed E-state index contributed by atoms with van der Waals surface area (Å²) in [4.78, 5) is 14.8. The molecule has 0 unspecified atom stereocenters. The minimum absolute atomic E-state index is 0.110. The van der Waals surface area contributed by atoms with Gasteiger partial charge in [0.1, 0.15) is 5.75 Å². The van der Waals surface area contributed by atoms with Crippen molar-refractivity contribution >= 4 is 17.0 Å². The average Bonchev–Trinajstić information content (AvgIpc) is 2.59. The van der Waals surface area contributed by atoms with Crippen molar-refractivity contribution in [2.75, 3.05) is 7.11 Å². The van der Waals surface area contributed by atoms with Crippen molar-refractivity contribution in [3.05, 3.63) is 18.0 Å². The van der Waals surface area contributed by atoms with E-state index >= 15 is 0 Å². The Kier molecular flexibility index (Phi) is 2.47. The Morgan fingerprint density at radius 2 is 2.31 bits per heavy atom. The van der Waals surface area contributed by atoms with E-state index in [0.717, 1.165) is 5.39 Å². The van der Waals surface area contributed by atoms with Crippen LogP contribution in [0.15, 0.2) is 12.4 Å². The Bertz CT molecular complexity index is 547. The van der Waals surface area contributed by atoms with Crippen LogP contribution >= 0.6 is 0 Å². The lowest BCUT2D eigenvalue weighted by Gasteiger charge is -2.07. The van der Waals surface area contributed by atoms with Crippen molar-refractivity contribution < 1.29 is 14.6 Å². The summed E-state index contributed by atoms with van der Waals surface area (Å²) in [6.07, 6.45) is 3.02. The highest BCUT2D eigenvalue weighted by Crippen LogP contribution is 2.27. The molecule has 0 atom stereocenters. The first-order chi connectivity index (χ1) is 7.63. The number of rotatable bonds is 3. The third-order valence-corrected chi connectivity index (χ3v) is 2.33. The second kappa shape index (κ2) is 3.80. The van der Waals surface area contributed by atoms with E-state index in [-0.39, 0.29) is 6.42 Å². The minimum atomic E-state index is -0.914. The molecule has 2 aromatic heterocycles. The smallest absolute Gasteiger partial charge is 0.308 e. The Hall–Kier alpha value is -2.11. The number of hydrogen-bond acceptors (Lipinski definition) is 4. The quantitative estimate of drug-likeness (QED) is 0.821. The molecule has 0 spiro atoms. The van der Waals surface area contributed by atoms with Gasteiger partial charge in [-0.3, -0.25) is 9.48 Å². The molecule has 0 aliphatic heterocycles. The summed E-state index contributed by atoms with van der Waals surface area (Å²) in [5.74, 6) is -0.385. The molecule has 0 aromatic carbocycles. The number of aromatic nitrogens is 3. The summed E-state index contributed by atoms with van der Waals surface area (Å²) in [7, 11) is 3.28. The minimum Gasteiger partial charge on any atom is -0.496 e. The van der Waals surface area contributed by atoms with Gasteiger partial charge in [-0.2, -0.15) is 5.10 Å². The zero-order valence-electron chi connectivity index (χ0n) is 8.97. The molecule has 0 amide bonds. The molecule has 0 aliphatic rings. The predicted molar refractivity (Wildman–Crippen MR) is 56.4 cm³/mol. The van der Waals surface area contributed by atoms with Gasteiger partial charge in [-0.25, -0.2) is 4.98 Å². The lowest BCUT2D eigenvalue weighted by Crippen LogP contribution is -2.03. The fourth-order valence-electron chi connectivity index (χ4n) is 1.64. The third-order valence-electron chi connectivity index (χ3n) is 2.33. The van der Waals surface area contributed by atoms with Crippen molar-refractivity contribution in [3.8, 4) is 5.75 Å². The SMILES string of the molecule is COc1c(CC(=O)O)cnc2c1cnn2C. The van der Waals surface area contributed by atoms with Crippen LogP contribution in [0.4, 0.5) is 0 Å². The van der Waals surface area contributed by atoms with Crippen LogP contribution in [0.5, 0.6) is 5.75 Å². The highest BCUT2D eigenvalue weighted by atomic mass is 16.5. The van der Waals surface area contributed by atoms with Gasteiger partial charge >= 0.3 is 5.97 Å². The van der Waals surface area contributed by atoms with E-state index < -0.39 is 5.97 Å². The largest absolute Gasteiger partial charge is 0.496 e. The van der Waals surface area contributed by atoms with Gasteiger partial charge in [-0.15, -0.1) is 0 Å². The number of nitrogens with zero attached hydrogens (tertiary/aromatic N) is 3. The summed E-state index contributed by atoms with van der Waals surface area (Å²) < 4.78 is 6.83. The van der Waals surface area contributed by atoms with Crippen LogP contribution in [-0.4, -0.2) is 33.0 Å². The van der Waals surface area contributed by atoms with E-state index in [1.165, 1.54) is 13.3 Å². The number of aryl methyl sites for hydroxylation is 1. The van der Waals surface area contributed by atoms with Crippen LogP contribution in [0.2, 0.25) is 0 Å². The molecule has 0 bridgehead atoms. The summed E-state index contributed by atoms with van der Waals surface area (Å²) in [5.41, 5.74) is 1.22. The molecular weight excluding hydrogens is 210 g/mol. The zero-order chi connectivity index (χ0) is 11.7. The van der Waals surface area contributed by atoms with Gasteiger partial charge in [0.25, 0.3) is 0 Å². The Morgan fingerprint density at radius 3 is 2.94 bits per heavy atom. The fraction of sp³-hybridized carbons (Fsp3) is 0.300. The van der Waals surface area contributed by atoms with Crippen LogP contribution < -0.4 is 4.74 Å². The highest BCUT2D eigenvalue weighted by molar-refractivity contribution is 5.85. The average molecular weight is 221 g/mol. The van der Waals surface area contributed by atoms with Gasteiger partial charge in [0, 0.05) is 18.8 Å². The number of fused-ring (bicyclic) bond motifs is 1. The fourth-order valence-corrected chi connectivity index (χ4v) is 1.64. The molecule has 1 N–H and O–H groups in total. The summed E-state index contributed by atoms with van der Waals surface area (Å²) in [5, 5.41) is 13.5. The van der Waals surface area contributed by atoms with Gasteiger partial charge in [-0.05, 0) is 0 Å². The second-order valence-corrected chi connectivity index (χ2v) is 3.39. The Balaban J connectivity index is 2.63. The molecule has 16 heavy (non-hydrogen) atoms. The first-order valence-electron chi connectivity index (χ1n) is 4.69. The molecule has 2 heterocycles. The maximum Gasteiger partial charge on any atom is 0.308 e. The Morgan fingerprint density at radius 1 is 1.56 bits per heavy atom. The maximum absolute atomic E-state index is 10.7. The van der Waals surface area contributed by atoms with E-state index in [2.05, 4.69) is 10.1 Å². The van der Waals surface area contributed by atoms with Crippen LogP contribution in [0, 0.1) is 0 Å². The maximum atomic E-state index is 10.7. The van der Waals surface area contributed by atoms with Gasteiger partial charge in [0.2, 0.25) is 0 Å². The van der Waals surface area contributed by atoms with Crippen LogP contribution in [0.1, 0.15) is 5.56 Å². The van der Waals surface area contributed by atoms with Gasteiger partial charge in [0.05, 0.1) is 25.1 Å². The number of hydrogen-bond donors (Lipinski definition) is 1. The molecule has 6 nitrogen and oxygen atoms in total. The lowest BCUT2D eigenvalue weighted by atomic mass is 10.1. The molecule has 6 heteroatoms. The van der Waals surface area contributed by atoms with Gasteiger partial charge in [-0.1, -0.05) is 0 Å². The highest BCUT2D eigenvalue weighted by Gasteiger charge is 2.14. The first kappa shape index (κ1) is 10.4. The van der Waals surface area contributed by atoms with Crippen molar-refractivity contribution in [2.24, 2.45) is 7.05 Å². The van der Waals surface area contributed by atoms with E-state index in [1.54, 1.807) is 17.9 Å². The molecule has 84 valence electrons. The normalized spacial score (nSPS) is 10.6. The van der Waals surface area contributed by atoms with Crippen molar-refractivity contribution in [3.63, 3.8) is 0 Å². The van der Waals surface area contributed by atoms with Crippen molar-refractivity contribution in [1.29, 1.82) is 0 Å². The van der Waals surface area contributed by atoms with E-state index in [4.69, 9.17) is 9.84 Å². The molecule has 0 saturated heterocycles. The molecule has 0 aliphatic carbocycles. The topological polar surface area (TPSA) is 77.2 Å².